The number of nitrogen functional groups attached to an aromatic ring is 1. The quantitative estimate of drug-likeness (QED) is 0.866. The largest absolute Gasteiger partial charge is 0.398 e. The van der Waals surface area contributed by atoms with Crippen LogP contribution in [-0.2, 0) is 4.74 Å². The van der Waals surface area contributed by atoms with Crippen molar-refractivity contribution in [2.75, 3.05) is 32.5 Å². The predicted molar refractivity (Wildman–Crippen MR) is 76.4 cm³/mol. The van der Waals surface area contributed by atoms with Crippen molar-refractivity contribution in [3.8, 4) is 0 Å². The number of carbonyl (C=O) groups is 1. The van der Waals surface area contributed by atoms with Gasteiger partial charge in [0.1, 0.15) is 0 Å². The smallest absolute Gasteiger partial charge is 0.253 e. The van der Waals surface area contributed by atoms with Gasteiger partial charge in [-0.3, -0.25) is 4.79 Å². The number of piperidine rings is 1. The summed E-state index contributed by atoms with van der Waals surface area (Å²) in [6, 6.07) is 5.04. The van der Waals surface area contributed by atoms with E-state index < -0.39 is 0 Å². The first-order chi connectivity index (χ1) is 9.11. The topological polar surface area (TPSA) is 55.6 Å². The van der Waals surface area contributed by atoms with Gasteiger partial charge in [-0.05, 0) is 37.0 Å². The number of nitrogens with zero attached hydrogens (tertiary/aromatic N) is 1. The Morgan fingerprint density at radius 3 is 2.74 bits per heavy atom. The minimum absolute atomic E-state index is 0.0257. The number of amides is 1. The number of ether oxygens (including phenoxy) is 1. The summed E-state index contributed by atoms with van der Waals surface area (Å²) in [5.41, 5.74) is 6.75. The molecular formula is C14H19ClN2O2. The van der Waals surface area contributed by atoms with Crippen molar-refractivity contribution in [3.63, 3.8) is 0 Å². The lowest BCUT2D eigenvalue weighted by molar-refractivity contribution is 0.0613. The van der Waals surface area contributed by atoms with Gasteiger partial charge in [0.25, 0.3) is 5.91 Å². The van der Waals surface area contributed by atoms with E-state index >= 15 is 0 Å². The summed E-state index contributed by atoms with van der Waals surface area (Å²) in [5, 5.41) is 0.431. The molecule has 0 unspecified atom stereocenters. The molecule has 1 amide bonds. The maximum Gasteiger partial charge on any atom is 0.253 e. The molecule has 5 heteroatoms. The molecule has 1 aliphatic heterocycles. The van der Waals surface area contributed by atoms with Gasteiger partial charge in [0.15, 0.2) is 0 Å². The van der Waals surface area contributed by atoms with Gasteiger partial charge in [0, 0.05) is 32.4 Å². The summed E-state index contributed by atoms with van der Waals surface area (Å²) in [6.07, 6.45) is 1.98. The summed E-state index contributed by atoms with van der Waals surface area (Å²) < 4.78 is 5.16. The summed E-state index contributed by atoms with van der Waals surface area (Å²) >= 11 is 5.95. The van der Waals surface area contributed by atoms with E-state index in [4.69, 9.17) is 22.1 Å². The fraction of sp³-hybridized carbons (Fsp3) is 0.500. The zero-order valence-corrected chi connectivity index (χ0v) is 11.8. The number of anilines is 1. The standard InChI is InChI=1S/C14H19ClN2O2/c1-19-9-10-4-6-17(7-5-10)14(18)11-2-3-13(16)12(15)8-11/h2-3,8,10H,4-7,9,16H2,1H3. The molecule has 4 nitrogen and oxygen atoms in total. The third kappa shape index (κ3) is 3.39. The van der Waals surface area contributed by atoms with Gasteiger partial charge in [-0.25, -0.2) is 0 Å². The molecule has 1 aliphatic rings. The predicted octanol–water partition coefficient (Wildman–Crippen LogP) is 2.42. The molecule has 1 aromatic rings. The molecule has 1 fully saturated rings. The van der Waals surface area contributed by atoms with Crippen molar-refractivity contribution in [2.45, 2.75) is 12.8 Å². The Balaban J connectivity index is 1.99. The van der Waals surface area contributed by atoms with Gasteiger partial charge >= 0.3 is 0 Å². The molecule has 19 heavy (non-hydrogen) atoms. The van der Waals surface area contributed by atoms with Gasteiger partial charge in [-0.15, -0.1) is 0 Å². The number of nitrogens with two attached hydrogens (primary N) is 1. The molecule has 1 aromatic carbocycles. The molecule has 1 heterocycles. The Bertz CT molecular complexity index is 457. The van der Waals surface area contributed by atoms with E-state index in [2.05, 4.69) is 0 Å². The van der Waals surface area contributed by atoms with Crippen molar-refractivity contribution in [1.29, 1.82) is 0 Å². The minimum Gasteiger partial charge on any atom is -0.398 e. The van der Waals surface area contributed by atoms with Gasteiger partial charge < -0.3 is 15.4 Å². The molecule has 1 saturated heterocycles. The molecule has 0 spiro atoms. The van der Waals surface area contributed by atoms with Crippen LogP contribution < -0.4 is 5.73 Å². The fourth-order valence-electron chi connectivity index (χ4n) is 2.38. The van der Waals surface area contributed by atoms with E-state index in [1.807, 2.05) is 4.90 Å². The summed E-state index contributed by atoms with van der Waals surface area (Å²) in [6.45, 7) is 2.32. The number of methoxy groups -OCH3 is 1. The molecule has 2 N–H and O–H groups in total. The molecule has 0 aliphatic carbocycles. The molecule has 0 atom stereocenters. The van der Waals surface area contributed by atoms with Crippen LogP contribution in [0, 0.1) is 5.92 Å². The number of hydrogen-bond acceptors (Lipinski definition) is 3. The second-order valence-electron chi connectivity index (χ2n) is 4.93. The van der Waals surface area contributed by atoms with Crippen LogP contribution in [-0.4, -0.2) is 37.6 Å². The zero-order chi connectivity index (χ0) is 13.8. The number of halogens is 1. The summed E-state index contributed by atoms with van der Waals surface area (Å²) in [5.74, 6) is 0.585. The average Bonchev–Trinajstić information content (AvgIpc) is 2.42. The monoisotopic (exact) mass is 282 g/mol. The van der Waals surface area contributed by atoms with E-state index in [0.29, 0.717) is 22.2 Å². The Hall–Kier alpha value is -1.26. The lowest BCUT2D eigenvalue weighted by atomic mass is 9.97. The van der Waals surface area contributed by atoms with Crippen LogP contribution in [0.15, 0.2) is 18.2 Å². The third-order valence-electron chi connectivity index (χ3n) is 3.55. The van der Waals surface area contributed by atoms with Gasteiger partial charge in [-0.1, -0.05) is 11.6 Å². The Labute approximate surface area is 118 Å². The van der Waals surface area contributed by atoms with Crippen molar-refractivity contribution in [1.82, 2.24) is 4.90 Å². The minimum atomic E-state index is 0.0257. The second kappa shape index (κ2) is 6.26. The number of likely N-dealkylation sites (tertiary alicyclic amines) is 1. The van der Waals surface area contributed by atoms with Gasteiger partial charge in [-0.2, -0.15) is 0 Å². The third-order valence-corrected chi connectivity index (χ3v) is 3.88. The first kappa shape index (κ1) is 14.2. The number of rotatable bonds is 3. The Morgan fingerprint density at radius 1 is 1.47 bits per heavy atom. The van der Waals surface area contributed by atoms with Crippen LogP contribution in [0.4, 0.5) is 5.69 Å². The maximum atomic E-state index is 12.3. The van der Waals surface area contributed by atoms with E-state index in [0.717, 1.165) is 32.5 Å². The lowest BCUT2D eigenvalue weighted by Gasteiger charge is -2.31. The van der Waals surface area contributed by atoms with E-state index in [1.165, 1.54) is 0 Å². The molecule has 0 radical (unpaired) electrons. The number of benzene rings is 1. The molecule has 2 rings (SSSR count). The summed E-state index contributed by atoms with van der Waals surface area (Å²) in [7, 11) is 1.72. The highest BCUT2D eigenvalue weighted by atomic mass is 35.5. The first-order valence-corrected chi connectivity index (χ1v) is 6.83. The highest BCUT2D eigenvalue weighted by molar-refractivity contribution is 6.33. The SMILES string of the molecule is COCC1CCN(C(=O)c2ccc(N)c(Cl)c2)CC1. The normalized spacial score (nSPS) is 16.6. The molecular weight excluding hydrogens is 264 g/mol. The Morgan fingerprint density at radius 2 is 2.16 bits per heavy atom. The van der Waals surface area contributed by atoms with Crippen LogP contribution in [0.1, 0.15) is 23.2 Å². The van der Waals surface area contributed by atoms with Crippen LogP contribution in [0.5, 0.6) is 0 Å². The highest BCUT2D eigenvalue weighted by Crippen LogP contribution is 2.23. The second-order valence-corrected chi connectivity index (χ2v) is 5.33. The van der Waals surface area contributed by atoms with Crippen LogP contribution >= 0.6 is 11.6 Å². The van der Waals surface area contributed by atoms with E-state index in [1.54, 1.807) is 25.3 Å². The molecule has 0 aromatic heterocycles. The van der Waals surface area contributed by atoms with Crippen LogP contribution in [0.25, 0.3) is 0 Å². The van der Waals surface area contributed by atoms with Crippen molar-refractivity contribution >= 4 is 23.2 Å². The van der Waals surface area contributed by atoms with Crippen LogP contribution in [0.2, 0.25) is 5.02 Å². The van der Waals surface area contributed by atoms with Crippen molar-refractivity contribution in [3.05, 3.63) is 28.8 Å². The lowest BCUT2D eigenvalue weighted by Crippen LogP contribution is -2.39. The van der Waals surface area contributed by atoms with E-state index in [9.17, 15) is 4.79 Å². The van der Waals surface area contributed by atoms with E-state index in [-0.39, 0.29) is 5.91 Å². The maximum absolute atomic E-state index is 12.3. The van der Waals surface area contributed by atoms with Crippen molar-refractivity contribution in [2.24, 2.45) is 5.92 Å². The average molecular weight is 283 g/mol. The molecule has 0 bridgehead atoms. The summed E-state index contributed by atoms with van der Waals surface area (Å²) in [4.78, 5) is 14.2. The highest BCUT2D eigenvalue weighted by Gasteiger charge is 2.23. The first-order valence-electron chi connectivity index (χ1n) is 6.45. The number of hydrogen-bond donors (Lipinski definition) is 1. The van der Waals surface area contributed by atoms with Gasteiger partial charge in [0.2, 0.25) is 0 Å². The number of carbonyl (C=O) groups excluding carboxylic acids is 1. The fourth-order valence-corrected chi connectivity index (χ4v) is 2.56. The Kier molecular flexibility index (Phi) is 4.66. The molecule has 104 valence electrons. The van der Waals surface area contributed by atoms with Crippen molar-refractivity contribution < 1.29 is 9.53 Å². The zero-order valence-electron chi connectivity index (χ0n) is 11.1. The molecule has 0 saturated carbocycles. The van der Waals surface area contributed by atoms with Crippen LogP contribution in [0.3, 0.4) is 0 Å². The van der Waals surface area contributed by atoms with Gasteiger partial charge in [0.05, 0.1) is 10.7 Å².